The lowest BCUT2D eigenvalue weighted by molar-refractivity contribution is 0.0616. The van der Waals surface area contributed by atoms with E-state index in [1.54, 1.807) is 4.68 Å². The topological polar surface area (TPSA) is 59.2 Å². The summed E-state index contributed by atoms with van der Waals surface area (Å²) in [5, 5.41) is 8.81. The van der Waals surface area contributed by atoms with E-state index in [-0.39, 0.29) is 5.91 Å². The number of hydrogen-bond acceptors (Lipinski definition) is 4. The fourth-order valence-corrected chi connectivity index (χ4v) is 3.90. The molecule has 1 aliphatic rings. The van der Waals surface area contributed by atoms with Gasteiger partial charge in [0.1, 0.15) is 5.69 Å². The van der Waals surface area contributed by atoms with E-state index in [1.807, 2.05) is 30.6 Å². The molecule has 0 aromatic carbocycles. The fraction of sp³-hybridized carbons (Fsp3) is 0.588. The molecule has 0 N–H and O–H groups in total. The predicted octanol–water partition coefficient (Wildman–Crippen LogP) is 1.80. The van der Waals surface area contributed by atoms with Crippen molar-refractivity contribution in [1.29, 1.82) is 0 Å². The minimum atomic E-state index is 0.0448. The van der Waals surface area contributed by atoms with Gasteiger partial charge in [-0.05, 0) is 36.7 Å². The molecule has 3 rings (SSSR count). The lowest BCUT2D eigenvalue weighted by Gasteiger charge is -2.34. The molecule has 1 aliphatic heterocycles. The molecule has 1 fully saturated rings. The molecule has 3 heterocycles. The second-order valence-electron chi connectivity index (χ2n) is 6.71. The largest absolute Gasteiger partial charge is 0.335 e. The summed E-state index contributed by atoms with van der Waals surface area (Å²) in [4.78, 5) is 17.1. The number of carbonyl (C=O) groups is 1. The van der Waals surface area contributed by atoms with Crippen LogP contribution in [0.1, 0.15) is 33.1 Å². The summed E-state index contributed by atoms with van der Waals surface area (Å²) in [6, 6.07) is 0. The quantitative estimate of drug-likeness (QED) is 0.776. The molecule has 0 bridgehead atoms. The van der Waals surface area contributed by atoms with Crippen molar-refractivity contribution in [3.05, 3.63) is 32.8 Å². The zero-order valence-corrected chi connectivity index (χ0v) is 17.1. The first-order chi connectivity index (χ1) is 11.8. The molecule has 1 amide bonds. The molecule has 0 unspecified atom stereocenters. The maximum atomic E-state index is 12.8. The number of piperazine rings is 1. The van der Waals surface area contributed by atoms with Gasteiger partial charge in [-0.2, -0.15) is 10.2 Å². The summed E-state index contributed by atoms with van der Waals surface area (Å²) in [6.07, 6.45) is 0. The highest BCUT2D eigenvalue weighted by atomic mass is 79.9. The van der Waals surface area contributed by atoms with Crippen molar-refractivity contribution >= 4 is 21.8 Å². The molecular formula is C17H25BrN6O. The molecule has 1 saturated heterocycles. The van der Waals surface area contributed by atoms with E-state index in [1.165, 1.54) is 11.3 Å². The van der Waals surface area contributed by atoms with Crippen LogP contribution in [0, 0.1) is 20.8 Å². The standard InChI is InChI=1S/C17H25BrN6O/c1-11-14(13(3)21(4)19-11)10-23-6-8-24(9-7-23)17(25)16-15(18)12(2)20-22(16)5/h6-10H2,1-5H3. The van der Waals surface area contributed by atoms with Gasteiger partial charge in [0.25, 0.3) is 5.91 Å². The SMILES string of the molecule is Cc1nn(C)c(C(=O)N2CCN(Cc3c(C)nn(C)c3C)CC2)c1Br. The van der Waals surface area contributed by atoms with E-state index in [4.69, 9.17) is 0 Å². The van der Waals surface area contributed by atoms with Crippen LogP contribution in [0.4, 0.5) is 0 Å². The average molecular weight is 409 g/mol. The first kappa shape index (κ1) is 18.1. The Hall–Kier alpha value is -1.67. The van der Waals surface area contributed by atoms with E-state index in [0.29, 0.717) is 5.69 Å². The third-order valence-electron chi connectivity index (χ3n) is 5.05. The number of amides is 1. The Labute approximate surface area is 156 Å². The number of aryl methyl sites for hydroxylation is 4. The maximum absolute atomic E-state index is 12.8. The van der Waals surface area contributed by atoms with E-state index < -0.39 is 0 Å². The lowest BCUT2D eigenvalue weighted by Crippen LogP contribution is -2.48. The van der Waals surface area contributed by atoms with Crippen molar-refractivity contribution in [3.8, 4) is 0 Å². The second-order valence-corrected chi connectivity index (χ2v) is 7.51. The summed E-state index contributed by atoms with van der Waals surface area (Å²) < 4.78 is 4.40. The fourth-order valence-electron chi connectivity index (χ4n) is 3.39. The van der Waals surface area contributed by atoms with Crippen LogP contribution in [-0.4, -0.2) is 61.4 Å². The van der Waals surface area contributed by atoms with Gasteiger partial charge in [0.2, 0.25) is 0 Å². The van der Waals surface area contributed by atoms with Crippen molar-refractivity contribution in [2.24, 2.45) is 14.1 Å². The van der Waals surface area contributed by atoms with Gasteiger partial charge in [0.05, 0.1) is 15.9 Å². The third kappa shape index (κ3) is 3.37. The van der Waals surface area contributed by atoms with Crippen LogP contribution in [0.25, 0.3) is 0 Å². The smallest absolute Gasteiger partial charge is 0.273 e. The Balaban J connectivity index is 1.65. The zero-order valence-electron chi connectivity index (χ0n) is 15.5. The van der Waals surface area contributed by atoms with E-state index >= 15 is 0 Å². The highest BCUT2D eigenvalue weighted by Crippen LogP contribution is 2.23. The molecule has 2 aromatic heterocycles. The number of hydrogen-bond donors (Lipinski definition) is 0. The summed E-state index contributed by atoms with van der Waals surface area (Å²) >= 11 is 3.49. The molecule has 2 aromatic rings. The van der Waals surface area contributed by atoms with Crippen molar-refractivity contribution in [3.63, 3.8) is 0 Å². The van der Waals surface area contributed by atoms with Crippen LogP contribution in [-0.2, 0) is 20.6 Å². The summed E-state index contributed by atoms with van der Waals surface area (Å²) in [5.74, 6) is 0.0448. The van der Waals surface area contributed by atoms with Crippen LogP contribution in [0.3, 0.4) is 0 Å². The van der Waals surface area contributed by atoms with Gasteiger partial charge in [0, 0.05) is 58.1 Å². The summed E-state index contributed by atoms with van der Waals surface area (Å²) in [5.41, 5.74) is 5.07. The molecule has 0 spiro atoms. The molecule has 0 aliphatic carbocycles. The molecule has 0 radical (unpaired) electrons. The highest BCUT2D eigenvalue weighted by Gasteiger charge is 2.27. The maximum Gasteiger partial charge on any atom is 0.273 e. The van der Waals surface area contributed by atoms with Crippen LogP contribution in [0.2, 0.25) is 0 Å². The highest BCUT2D eigenvalue weighted by molar-refractivity contribution is 9.10. The van der Waals surface area contributed by atoms with Gasteiger partial charge in [-0.1, -0.05) is 0 Å². The van der Waals surface area contributed by atoms with Crippen molar-refractivity contribution in [2.75, 3.05) is 26.2 Å². The Morgan fingerprint density at radius 3 is 2.08 bits per heavy atom. The number of carbonyl (C=O) groups excluding carboxylic acids is 1. The molecule has 25 heavy (non-hydrogen) atoms. The molecule has 8 heteroatoms. The summed E-state index contributed by atoms with van der Waals surface area (Å²) in [6.45, 7) is 10.2. The van der Waals surface area contributed by atoms with Gasteiger partial charge >= 0.3 is 0 Å². The minimum absolute atomic E-state index is 0.0448. The monoisotopic (exact) mass is 408 g/mol. The molecule has 0 atom stereocenters. The van der Waals surface area contributed by atoms with Crippen LogP contribution in [0.5, 0.6) is 0 Å². The van der Waals surface area contributed by atoms with Crippen LogP contribution < -0.4 is 0 Å². The Kier molecular flexibility index (Phi) is 5.02. The molecule has 136 valence electrons. The number of rotatable bonds is 3. The molecular weight excluding hydrogens is 384 g/mol. The number of nitrogens with zero attached hydrogens (tertiary/aromatic N) is 6. The van der Waals surface area contributed by atoms with Gasteiger partial charge in [-0.15, -0.1) is 0 Å². The van der Waals surface area contributed by atoms with Gasteiger partial charge in [-0.25, -0.2) is 0 Å². The number of halogens is 1. The first-order valence-corrected chi connectivity index (χ1v) is 9.28. The third-order valence-corrected chi connectivity index (χ3v) is 6.00. The van der Waals surface area contributed by atoms with Gasteiger partial charge < -0.3 is 4.90 Å². The van der Waals surface area contributed by atoms with Crippen LogP contribution >= 0.6 is 15.9 Å². The second kappa shape index (κ2) is 6.92. The van der Waals surface area contributed by atoms with Crippen molar-refractivity contribution in [2.45, 2.75) is 27.3 Å². The summed E-state index contributed by atoms with van der Waals surface area (Å²) in [7, 11) is 3.80. The zero-order chi connectivity index (χ0) is 18.3. The van der Waals surface area contributed by atoms with Gasteiger partial charge in [-0.3, -0.25) is 19.1 Å². The van der Waals surface area contributed by atoms with E-state index in [0.717, 1.165) is 48.6 Å². The van der Waals surface area contributed by atoms with Crippen LogP contribution in [0.15, 0.2) is 4.47 Å². The van der Waals surface area contributed by atoms with E-state index in [9.17, 15) is 4.79 Å². The van der Waals surface area contributed by atoms with Gasteiger partial charge in [0.15, 0.2) is 0 Å². The first-order valence-electron chi connectivity index (χ1n) is 8.49. The Morgan fingerprint density at radius 2 is 1.60 bits per heavy atom. The normalized spacial score (nSPS) is 15.8. The van der Waals surface area contributed by atoms with Crippen molar-refractivity contribution in [1.82, 2.24) is 29.4 Å². The predicted molar refractivity (Wildman–Crippen MR) is 99.5 cm³/mol. The Morgan fingerprint density at radius 1 is 1.00 bits per heavy atom. The van der Waals surface area contributed by atoms with E-state index in [2.05, 4.69) is 44.9 Å². The minimum Gasteiger partial charge on any atom is -0.335 e. The Bertz CT molecular complexity index is 801. The average Bonchev–Trinajstić information content (AvgIpc) is 2.96. The molecule has 0 saturated carbocycles. The lowest BCUT2D eigenvalue weighted by atomic mass is 10.1. The number of aromatic nitrogens is 4. The molecule has 7 nitrogen and oxygen atoms in total. The van der Waals surface area contributed by atoms with Crippen molar-refractivity contribution < 1.29 is 4.79 Å².